The number of hydrogen-bond donors (Lipinski definition) is 0. The predicted octanol–water partition coefficient (Wildman–Crippen LogP) is 4.09. The van der Waals surface area contributed by atoms with Crippen LogP contribution >= 0.6 is 11.6 Å². The van der Waals surface area contributed by atoms with Gasteiger partial charge in [-0.1, -0.05) is 49.7 Å². The summed E-state index contributed by atoms with van der Waals surface area (Å²) in [6, 6.07) is 10.2. The van der Waals surface area contributed by atoms with Crippen molar-refractivity contribution in [1.82, 2.24) is 4.98 Å². The first-order chi connectivity index (χ1) is 7.16. The molecule has 0 fully saturated rings. The zero-order valence-corrected chi connectivity index (χ0v) is 9.75. The van der Waals surface area contributed by atoms with Crippen LogP contribution in [0, 0.1) is 5.92 Å². The molecular weight excluding hydrogens is 206 g/mol. The first-order valence-corrected chi connectivity index (χ1v) is 5.59. The van der Waals surface area contributed by atoms with Crippen molar-refractivity contribution in [2.75, 3.05) is 0 Å². The molecule has 15 heavy (non-hydrogen) atoms. The van der Waals surface area contributed by atoms with Gasteiger partial charge in [-0.15, -0.1) is 0 Å². The van der Waals surface area contributed by atoms with Crippen LogP contribution in [0.4, 0.5) is 0 Å². The SMILES string of the molecule is CC(C)Cc1cc2ccccc2c(Cl)n1. The summed E-state index contributed by atoms with van der Waals surface area (Å²) in [6.07, 6.45) is 0.977. The van der Waals surface area contributed by atoms with Gasteiger partial charge in [0.1, 0.15) is 5.15 Å². The fourth-order valence-electron chi connectivity index (χ4n) is 1.73. The Morgan fingerprint density at radius 1 is 1.27 bits per heavy atom. The summed E-state index contributed by atoms with van der Waals surface area (Å²) in [5.74, 6) is 0.606. The highest BCUT2D eigenvalue weighted by Crippen LogP contribution is 2.23. The summed E-state index contributed by atoms with van der Waals surface area (Å²) < 4.78 is 0. The van der Waals surface area contributed by atoms with Gasteiger partial charge in [-0.3, -0.25) is 0 Å². The Kier molecular flexibility index (Phi) is 2.92. The normalized spacial score (nSPS) is 11.2. The Hall–Kier alpha value is -1.08. The van der Waals surface area contributed by atoms with Crippen LogP contribution in [0.15, 0.2) is 30.3 Å². The van der Waals surface area contributed by atoms with E-state index in [1.54, 1.807) is 0 Å². The summed E-state index contributed by atoms with van der Waals surface area (Å²) in [7, 11) is 0. The number of halogens is 1. The molecule has 0 radical (unpaired) electrons. The van der Waals surface area contributed by atoms with Gasteiger partial charge in [0.25, 0.3) is 0 Å². The fourth-order valence-corrected chi connectivity index (χ4v) is 2.01. The van der Waals surface area contributed by atoms with E-state index in [0.29, 0.717) is 11.1 Å². The standard InChI is InChI=1S/C13H14ClN/c1-9(2)7-11-8-10-5-3-4-6-12(10)13(14)15-11/h3-6,8-9H,7H2,1-2H3. The van der Waals surface area contributed by atoms with E-state index in [-0.39, 0.29) is 0 Å². The maximum Gasteiger partial charge on any atom is 0.137 e. The topological polar surface area (TPSA) is 12.9 Å². The Balaban J connectivity index is 2.52. The highest BCUT2D eigenvalue weighted by molar-refractivity contribution is 6.34. The van der Waals surface area contributed by atoms with E-state index in [1.807, 2.05) is 18.2 Å². The summed E-state index contributed by atoms with van der Waals surface area (Å²) in [5.41, 5.74) is 1.08. The van der Waals surface area contributed by atoms with Gasteiger partial charge in [-0.2, -0.15) is 0 Å². The summed E-state index contributed by atoms with van der Waals surface area (Å²) in [5, 5.41) is 2.82. The van der Waals surface area contributed by atoms with Crippen molar-refractivity contribution < 1.29 is 0 Å². The minimum absolute atomic E-state index is 0.606. The van der Waals surface area contributed by atoms with Gasteiger partial charge in [0.15, 0.2) is 0 Å². The van der Waals surface area contributed by atoms with E-state index in [4.69, 9.17) is 11.6 Å². The fraction of sp³-hybridized carbons (Fsp3) is 0.308. The molecule has 1 aromatic carbocycles. The summed E-state index contributed by atoms with van der Waals surface area (Å²) >= 11 is 6.13. The molecule has 1 nitrogen and oxygen atoms in total. The van der Waals surface area contributed by atoms with Crippen LogP contribution in [0.3, 0.4) is 0 Å². The predicted molar refractivity (Wildman–Crippen MR) is 65.3 cm³/mol. The quantitative estimate of drug-likeness (QED) is 0.694. The molecular formula is C13H14ClN. The molecule has 0 atom stereocenters. The van der Waals surface area contributed by atoms with E-state index < -0.39 is 0 Å². The lowest BCUT2D eigenvalue weighted by Gasteiger charge is -2.07. The Bertz CT molecular complexity index is 477. The van der Waals surface area contributed by atoms with E-state index in [1.165, 1.54) is 5.39 Å². The lowest BCUT2D eigenvalue weighted by molar-refractivity contribution is 0.636. The van der Waals surface area contributed by atoms with Crippen molar-refractivity contribution in [1.29, 1.82) is 0 Å². The molecule has 0 spiro atoms. The van der Waals surface area contributed by atoms with Gasteiger partial charge < -0.3 is 0 Å². The van der Waals surface area contributed by atoms with Crippen molar-refractivity contribution in [3.05, 3.63) is 41.2 Å². The second-order valence-electron chi connectivity index (χ2n) is 4.22. The second-order valence-corrected chi connectivity index (χ2v) is 4.58. The molecule has 0 N–H and O–H groups in total. The molecule has 1 aromatic heterocycles. The van der Waals surface area contributed by atoms with Gasteiger partial charge in [0, 0.05) is 11.1 Å². The molecule has 0 saturated heterocycles. The van der Waals surface area contributed by atoms with Crippen LogP contribution in [-0.4, -0.2) is 4.98 Å². The minimum atomic E-state index is 0.606. The van der Waals surface area contributed by atoms with Crippen molar-refractivity contribution in [2.24, 2.45) is 5.92 Å². The van der Waals surface area contributed by atoms with E-state index in [0.717, 1.165) is 17.5 Å². The smallest absolute Gasteiger partial charge is 0.137 e. The molecule has 2 heteroatoms. The average molecular weight is 220 g/mol. The average Bonchev–Trinajstić information content (AvgIpc) is 2.16. The molecule has 0 aliphatic heterocycles. The van der Waals surface area contributed by atoms with Crippen LogP contribution in [0.1, 0.15) is 19.5 Å². The van der Waals surface area contributed by atoms with Crippen LogP contribution in [0.2, 0.25) is 5.15 Å². The molecule has 0 unspecified atom stereocenters. The molecule has 0 saturated carbocycles. The zero-order valence-electron chi connectivity index (χ0n) is 9.00. The Morgan fingerprint density at radius 2 is 2.00 bits per heavy atom. The molecule has 0 bridgehead atoms. The molecule has 0 aliphatic carbocycles. The van der Waals surface area contributed by atoms with Crippen molar-refractivity contribution in [2.45, 2.75) is 20.3 Å². The molecule has 1 heterocycles. The summed E-state index contributed by atoms with van der Waals surface area (Å²) in [6.45, 7) is 4.37. The van der Waals surface area contributed by atoms with Gasteiger partial charge in [0.2, 0.25) is 0 Å². The Labute approximate surface area is 95.1 Å². The van der Waals surface area contributed by atoms with E-state index in [2.05, 4.69) is 31.0 Å². The van der Waals surface area contributed by atoms with Crippen molar-refractivity contribution in [3.63, 3.8) is 0 Å². The Morgan fingerprint density at radius 3 is 2.73 bits per heavy atom. The number of hydrogen-bond acceptors (Lipinski definition) is 1. The first-order valence-electron chi connectivity index (χ1n) is 5.21. The third-order valence-corrected chi connectivity index (χ3v) is 2.65. The van der Waals surface area contributed by atoms with Crippen LogP contribution < -0.4 is 0 Å². The van der Waals surface area contributed by atoms with Gasteiger partial charge in [-0.25, -0.2) is 4.98 Å². The largest absolute Gasteiger partial charge is 0.240 e. The second kappa shape index (κ2) is 4.19. The highest BCUT2D eigenvalue weighted by atomic mass is 35.5. The molecule has 0 amide bonds. The molecule has 0 aliphatic rings. The molecule has 78 valence electrons. The number of fused-ring (bicyclic) bond motifs is 1. The van der Waals surface area contributed by atoms with E-state index >= 15 is 0 Å². The number of aromatic nitrogens is 1. The highest BCUT2D eigenvalue weighted by Gasteiger charge is 2.04. The molecule has 2 rings (SSSR count). The van der Waals surface area contributed by atoms with Crippen molar-refractivity contribution >= 4 is 22.4 Å². The number of rotatable bonds is 2. The lowest BCUT2D eigenvalue weighted by atomic mass is 10.1. The van der Waals surface area contributed by atoms with E-state index in [9.17, 15) is 0 Å². The van der Waals surface area contributed by atoms with Gasteiger partial charge >= 0.3 is 0 Å². The lowest BCUT2D eigenvalue weighted by Crippen LogP contribution is -1.97. The monoisotopic (exact) mass is 219 g/mol. The maximum absolute atomic E-state index is 6.13. The van der Waals surface area contributed by atoms with Crippen LogP contribution in [0.25, 0.3) is 10.8 Å². The number of pyridine rings is 1. The first kappa shape index (κ1) is 10.4. The van der Waals surface area contributed by atoms with Gasteiger partial charge in [0.05, 0.1) is 0 Å². The zero-order chi connectivity index (χ0) is 10.8. The third kappa shape index (κ3) is 2.29. The van der Waals surface area contributed by atoms with Crippen molar-refractivity contribution in [3.8, 4) is 0 Å². The minimum Gasteiger partial charge on any atom is -0.240 e. The third-order valence-electron chi connectivity index (χ3n) is 2.36. The van der Waals surface area contributed by atoms with Gasteiger partial charge in [-0.05, 0) is 23.8 Å². The molecule has 2 aromatic rings. The summed E-state index contributed by atoms with van der Waals surface area (Å²) in [4.78, 5) is 4.41. The van der Waals surface area contributed by atoms with Crippen LogP contribution in [0.5, 0.6) is 0 Å². The number of nitrogens with zero attached hydrogens (tertiary/aromatic N) is 1. The number of benzene rings is 1. The maximum atomic E-state index is 6.13. The van der Waals surface area contributed by atoms with Crippen LogP contribution in [-0.2, 0) is 6.42 Å².